The van der Waals surface area contributed by atoms with Crippen molar-refractivity contribution in [2.45, 2.75) is 65.3 Å². The van der Waals surface area contributed by atoms with E-state index in [0.717, 1.165) is 5.56 Å². The van der Waals surface area contributed by atoms with Crippen molar-refractivity contribution in [3.63, 3.8) is 0 Å². The Bertz CT molecular complexity index is 736. The van der Waals surface area contributed by atoms with E-state index in [9.17, 15) is 4.79 Å². The number of hydrogen-bond donors (Lipinski definition) is 0. The third-order valence-corrected chi connectivity index (χ3v) is 5.51. The Morgan fingerprint density at radius 2 is 1.81 bits per heavy atom. The van der Waals surface area contributed by atoms with Gasteiger partial charge in [0, 0.05) is 0 Å². The molecule has 0 unspecified atom stereocenters. The number of rotatable bonds is 7. The van der Waals surface area contributed by atoms with Crippen LogP contribution in [0.1, 0.15) is 51.8 Å². The van der Waals surface area contributed by atoms with Crippen molar-refractivity contribution < 1.29 is 14.0 Å². The Hall–Kier alpha value is -1.99. The number of esters is 1. The Kier molecular flexibility index (Phi) is 6.36. The molecule has 0 saturated carbocycles. The van der Waals surface area contributed by atoms with Gasteiger partial charge in [0.1, 0.15) is 24.6 Å². The monoisotopic (exact) mass is 375 g/mol. The molecule has 0 aliphatic rings. The molecule has 1 aromatic heterocycles. The van der Waals surface area contributed by atoms with E-state index >= 15 is 0 Å². The van der Waals surface area contributed by atoms with E-state index in [-0.39, 0.29) is 24.2 Å². The zero-order valence-corrected chi connectivity index (χ0v) is 18.0. The van der Waals surface area contributed by atoms with Gasteiger partial charge in [-0.1, -0.05) is 51.1 Å². The van der Waals surface area contributed by atoms with Crippen LogP contribution in [0, 0.1) is 6.92 Å². The Morgan fingerprint density at radius 3 is 2.42 bits per heavy atom. The van der Waals surface area contributed by atoms with Crippen molar-refractivity contribution in [1.82, 2.24) is 14.8 Å². The number of benzene rings is 1. The molecule has 1 heterocycles. The van der Waals surface area contributed by atoms with E-state index in [4.69, 9.17) is 9.16 Å². The normalized spacial score (nSPS) is 12.7. The molecule has 0 N–H and O–H groups in total. The molecule has 0 aliphatic carbocycles. The average Bonchev–Trinajstić information content (AvgIpc) is 2.93. The highest BCUT2D eigenvalue weighted by molar-refractivity contribution is 6.31. The lowest BCUT2D eigenvalue weighted by molar-refractivity contribution is -0.146. The summed E-state index contributed by atoms with van der Waals surface area (Å²) in [6.45, 7) is 12.6. The van der Waals surface area contributed by atoms with Gasteiger partial charge in [-0.3, -0.25) is 4.79 Å². The molecule has 7 heteroatoms. The van der Waals surface area contributed by atoms with Crippen LogP contribution in [0.2, 0.25) is 5.04 Å². The summed E-state index contributed by atoms with van der Waals surface area (Å²) in [5.74, 6) is 0.935. The lowest BCUT2D eigenvalue weighted by Crippen LogP contribution is -2.29. The lowest BCUT2D eigenvalue weighted by Gasteiger charge is -2.27. The van der Waals surface area contributed by atoms with Gasteiger partial charge in [-0.05, 0) is 31.4 Å². The van der Waals surface area contributed by atoms with Crippen molar-refractivity contribution in [3.05, 3.63) is 47.5 Å². The van der Waals surface area contributed by atoms with Crippen LogP contribution in [-0.4, -0.2) is 30.5 Å². The van der Waals surface area contributed by atoms with E-state index in [1.165, 1.54) is 0 Å². The fraction of sp³-hybridized carbons (Fsp3) is 0.526. The van der Waals surface area contributed by atoms with Gasteiger partial charge in [0.05, 0.1) is 0 Å². The Labute approximate surface area is 157 Å². The summed E-state index contributed by atoms with van der Waals surface area (Å²) in [6, 6.07) is 9.61. The second kappa shape index (κ2) is 8.14. The van der Waals surface area contributed by atoms with Crippen LogP contribution in [0.5, 0.6) is 0 Å². The number of nitrogens with zero attached hydrogens (tertiary/aromatic N) is 3. The predicted octanol–water partition coefficient (Wildman–Crippen LogP) is 2.88. The van der Waals surface area contributed by atoms with Gasteiger partial charge in [-0.2, -0.15) is 5.10 Å². The summed E-state index contributed by atoms with van der Waals surface area (Å²) in [4.78, 5) is 16.6. The van der Waals surface area contributed by atoms with Crippen LogP contribution >= 0.6 is 0 Å². The van der Waals surface area contributed by atoms with Crippen molar-refractivity contribution in [1.29, 1.82) is 0 Å². The molecule has 26 heavy (non-hydrogen) atoms. The summed E-state index contributed by atoms with van der Waals surface area (Å²) in [6.07, 6.45) is 0. The second-order valence-electron chi connectivity index (χ2n) is 8.15. The molecule has 0 aliphatic heterocycles. The number of ether oxygens (including phenoxy) is 1. The summed E-state index contributed by atoms with van der Waals surface area (Å²) in [5, 5.41) is 4.67. The van der Waals surface area contributed by atoms with Gasteiger partial charge < -0.3 is 9.16 Å². The standard InChI is InChI=1S/C19H29N3O3Si/c1-14-20-17(19(5,6)25-26-18(2,3)4)21-22(14)12-16(23)24-13-15-10-8-7-9-11-15/h7-11H,12-13,26H2,1-6H3. The third kappa shape index (κ3) is 6.07. The van der Waals surface area contributed by atoms with Crippen molar-refractivity contribution in [2.24, 2.45) is 0 Å². The topological polar surface area (TPSA) is 66.2 Å². The zero-order valence-electron chi connectivity index (χ0n) is 16.6. The molecule has 142 valence electrons. The lowest BCUT2D eigenvalue weighted by atomic mass is 10.1. The first-order valence-corrected chi connectivity index (χ1v) is 10.1. The van der Waals surface area contributed by atoms with Crippen molar-refractivity contribution in [3.8, 4) is 0 Å². The highest BCUT2D eigenvalue weighted by Crippen LogP contribution is 2.27. The van der Waals surface area contributed by atoms with E-state index in [1.54, 1.807) is 4.68 Å². The number of carbonyl (C=O) groups excluding carboxylic acids is 1. The summed E-state index contributed by atoms with van der Waals surface area (Å²) in [5.41, 5.74) is 0.391. The Balaban J connectivity index is 1.97. The molecule has 0 amide bonds. The van der Waals surface area contributed by atoms with Gasteiger partial charge in [0.15, 0.2) is 15.6 Å². The van der Waals surface area contributed by atoms with Crippen LogP contribution in [-0.2, 0) is 32.7 Å². The minimum atomic E-state index is -0.742. The molecule has 1 aromatic carbocycles. The molecule has 2 aromatic rings. The Morgan fingerprint density at radius 1 is 1.15 bits per heavy atom. The average molecular weight is 376 g/mol. The van der Waals surface area contributed by atoms with E-state index in [1.807, 2.05) is 51.1 Å². The second-order valence-corrected chi connectivity index (χ2v) is 10.8. The van der Waals surface area contributed by atoms with E-state index in [2.05, 4.69) is 30.9 Å². The van der Waals surface area contributed by atoms with Gasteiger partial charge in [0.25, 0.3) is 0 Å². The summed E-state index contributed by atoms with van der Waals surface area (Å²) >= 11 is 0. The maximum absolute atomic E-state index is 12.1. The smallest absolute Gasteiger partial charge is 0.328 e. The molecule has 0 fully saturated rings. The van der Waals surface area contributed by atoms with Crippen LogP contribution in [0.25, 0.3) is 0 Å². The number of hydrogen-bond acceptors (Lipinski definition) is 5. The van der Waals surface area contributed by atoms with Crippen molar-refractivity contribution in [2.75, 3.05) is 0 Å². The molecule has 0 radical (unpaired) electrons. The molecule has 0 spiro atoms. The fourth-order valence-electron chi connectivity index (χ4n) is 2.19. The quantitative estimate of drug-likeness (QED) is 0.550. The SMILES string of the molecule is Cc1nc(C(C)(C)O[SiH2]C(C)(C)C)nn1CC(=O)OCc1ccccc1. The third-order valence-electron chi connectivity index (χ3n) is 3.78. The van der Waals surface area contributed by atoms with Gasteiger partial charge in [-0.25, -0.2) is 9.67 Å². The highest BCUT2D eigenvalue weighted by atomic mass is 28.2. The van der Waals surface area contributed by atoms with Crippen LogP contribution in [0.3, 0.4) is 0 Å². The van der Waals surface area contributed by atoms with Gasteiger partial charge in [0.2, 0.25) is 0 Å². The maximum Gasteiger partial charge on any atom is 0.328 e. The highest BCUT2D eigenvalue weighted by Gasteiger charge is 2.29. The van der Waals surface area contributed by atoms with E-state index in [0.29, 0.717) is 11.6 Å². The molecule has 0 bridgehead atoms. The largest absolute Gasteiger partial charge is 0.459 e. The first kappa shape index (κ1) is 20.3. The van der Waals surface area contributed by atoms with Crippen LogP contribution in [0.4, 0.5) is 0 Å². The number of carbonyl (C=O) groups is 1. The van der Waals surface area contributed by atoms with Crippen molar-refractivity contribution >= 4 is 15.7 Å². The molecular formula is C19H29N3O3Si. The van der Waals surface area contributed by atoms with Gasteiger partial charge in [-0.15, -0.1) is 0 Å². The predicted molar refractivity (Wildman–Crippen MR) is 103 cm³/mol. The van der Waals surface area contributed by atoms with Gasteiger partial charge >= 0.3 is 5.97 Å². The van der Waals surface area contributed by atoms with Crippen LogP contribution in [0.15, 0.2) is 30.3 Å². The zero-order chi connectivity index (χ0) is 19.4. The summed E-state index contributed by atoms with van der Waals surface area (Å²) < 4.78 is 13.0. The molecule has 6 nitrogen and oxygen atoms in total. The minimum Gasteiger partial charge on any atom is -0.459 e. The first-order chi connectivity index (χ1) is 12.1. The molecule has 0 saturated heterocycles. The number of aryl methyl sites for hydroxylation is 1. The number of aromatic nitrogens is 3. The summed E-state index contributed by atoms with van der Waals surface area (Å²) in [7, 11) is -0.742. The molecular weight excluding hydrogens is 346 g/mol. The fourth-order valence-corrected chi connectivity index (χ4v) is 3.12. The molecule has 2 rings (SSSR count). The van der Waals surface area contributed by atoms with Crippen LogP contribution < -0.4 is 0 Å². The van der Waals surface area contributed by atoms with E-state index < -0.39 is 15.4 Å². The molecule has 0 atom stereocenters. The minimum absolute atomic E-state index is 0.0401. The maximum atomic E-state index is 12.1. The first-order valence-electron chi connectivity index (χ1n) is 8.82.